The number of hydrogen-bond donors (Lipinski definition) is 0. The molecule has 0 bridgehead atoms. The van der Waals surface area contributed by atoms with Gasteiger partial charge >= 0.3 is 0 Å². The molecule has 0 saturated carbocycles. The Hall–Kier alpha value is -2.79. The number of aromatic nitrogens is 2. The molecular weight excluding hydrogens is 216 g/mol. The normalized spacial score (nSPS) is 9.35. The Kier molecular flexibility index (Phi) is 2.76. The van der Waals surface area contributed by atoms with Crippen LogP contribution in [-0.2, 0) is 7.05 Å². The quantitative estimate of drug-likeness (QED) is 0.777. The van der Waals surface area contributed by atoms with Crippen LogP contribution in [0.2, 0.25) is 0 Å². The van der Waals surface area contributed by atoms with Crippen LogP contribution >= 0.6 is 0 Å². The van der Waals surface area contributed by atoms with E-state index in [0.29, 0.717) is 17.0 Å². The monoisotopic (exact) mass is 223 g/mol. The van der Waals surface area contributed by atoms with Crippen molar-refractivity contribution < 1.29 is 4.74 Å². The van der Waals surface area contributed by atoms with Crippen molar-refractivity contribution in [2.75, 3.05) is 0 Å². The topological polar surface area (TPSA) is 74.6 Å². The van der Waals surface area contributed by atoms with Crippen LogP contribution in [0.5, 0.6) is 11.6 Å². The summed E-state index contributed by atoms with van der Waals surface area (Å²) in [6.07, 6.45) is 2.78. The molecule has 2 aromatic rings. The summed E-state index contributed by atoms with van der Waals surface area (Å²) in [6, 6.07) is 10.3. The lowest BCUT2D eigenvalue weighted by Crippen LogP contribution is -1.94. The van der Waals surface area contributed by atoms with Gasteiger partial charge in [-0.05, 0) is 12.1 Å². The van der Waals surface area contributed by atoms with E-state index < -0.39 is 0 Å². The second kappa shape index (κ2) is 4.38. The van der Waals surface area contributed by atoms with Crippen LogP contribution in [-0.4, -0.2) is 9.78 Å². The molecule has 0 spiro atoms. The minimum atomic E-state index is 0.226. The van der Waals surface area contributed by atoms with E-state index in [1.807, 2.05) is 12.1 Å². The van der Waals surface area contributed by atoms with Gasteiger partial charge < -0.3 is 4.74 Å². The van der Waals surface area contributed by atoms with Crippen LogP contribution in [0.3, 0.4) is 0 Å². The van der Waals surface area contributed by atoms with Crippen molar-refractivity contribution >= 4 is 0 Å². The first kappa shape index (κ1) is 10.7. The van der Waals surface area contributed by atoms with Gasteiger partial charge in [0, 0.05) is 13.1 Å². The molecule has 2 rings (SSSR count). The van der Waals surface area contributed by atoms with E-state index in [9.17, 15) is 0 Å². The van der Waals surface area contributed by atoms with Gasteiger partial charge in [-0.2, -0.15) is 10.5 Å². The highest BCUT2D eigenvalue weighted by molar-refractivity contribution is 5.54. The zero-order valence-electron chi connectivity index (χ0n) is 9.01. The summed E-state index contributed by atoms with van der Waals surface area (Å²) >= 11 is 0. The maximum Gasteiger partial charge on any atom is 0.239 e. The molecule has 0 unspecified atom stereocenters. The summed E-state index contributed by atoms with van der Waals surface area (Å²) in [5, 5.41) is 21.9. The second-order valence-corrected chi connectivity index (χ2v) is 3.24. The SMILES string of the molecule is Cn1[c]cc(Oc2c(C#N)cccc2C#N)n1. The van der Waals surface area contributed by atoms with Crippen LogP contribution < -0.4 is 4.74 Å². The van der Waals surface area contributed by atoms with Crippen molar-refractivity contribution in [2.24, 2.45) is 7.05 Å². The molecule has 1 heterocycles. The molecule has 0 fully saturated rings. The van der Waals surface area contributed by atoms with Gasteiger partial charge in [0.2, 0.25) is 5.88 Å². The number of nitriles is 2. The Morgan fingerprint density at radius 1 is 1.29 bits per heavy atom. The highest BCUT2D eigenvalue weighted by Gasteiger charge is 2.11. The van der Waals surface area contributed by atoms with Crippen LogP contribution in [0.1, 0.15) is 11.1 Å². The third-order valence-electron chi connectivity index (χ3n) is 2.09. The molecular formula is C12H7N4O. The lowest BCUT2D eigenvalue weighted by Gasteiger charge is -2.05. The average Bonchev–Trinajstić information content (AvgIpc) is 2.75. The van der Waals surface area contributed by atoms with Crippen molar-refractivity contribution in [1.29, 1.82) is 10.5 Å². The van der Waals surface area contributed by atoms with Gasteiger partial charge in [0.25, 0.3) is 0 Å². The first-order valence-corrected chi connectivity index (χ1v) is 4.77. The zero-order valence-corrected chi connectivity index (χ0v) is 9.01. The van der Waals surface area contributed by atoms with Gasteiger partial charge in [-0.25, -0.2) is 0 Å². The summed E-state index contributed by atoms with van der Waals surface area (Å²) in [5.41, 5.74) is 0.601. The fourth-order valence-electron chi connectivity index (χ4n) is 1.33. The predicted molar refractivity (Wildman–Crippen MR) is 58.0 cm³/mol. The first-order valence-electron chi connectivity index (χ1n) is 4.77. The third-order valence-corrected chi connectivity index (χ3v) is 2.09. The standard InChI is InChI=1S/C12H7N4O/c1-16-6-5-11(15-16)17-12-9(7-13)3-2-4-10(12)8-14/h2-5H,1H3. The Balaban J connectivity index is 2.45. The lowest BCUT2D eigenvalue weighted by atomic mass is 10.1. The van der Waals surface area contributed by atoms with Crippen LogP contribution in [0.25, 0.3) is 0 Å². The van der Waals surface area contributed by atoms with E-state index in [1.165, 1.54) is 10.7 Å². The molecule has 17 heavy (non-hydrogen) atoms. The fourth-order valence-corrected chi connectivity index (χ4v) is 1.33. The molecule has 0 aliphatic heterocycles. The van der Waals surface area contributed by atoms with Crippen molar-refractivity contribution in [3.05, 3.63) is 41.6 Å². The Bertz CT molecular complexity index is 598. The van der Waals surface area contributed by atoms with Gasteiger partial charge in [0.1, 0.15) is 12.1 Å². The molecule has 0 atom stereocenters. The van der Waals surface area contributed by atoms with E-state index in [-0.39, 0.29) is 5.75 Å². The van der Waals surface area contributed by atoms with Crippen molar-refractivity contribution in [2.45, 2.75) is 0 Å². The minimum Gasteiger partial charge on any atom is -0.435 e. The number of ether oxygens (including phenoxy) is 1. The van der Waals surface area contributed by atoms with E-state index in [4.69, 9.17) is 15.3 Å². The van der Waals surface area contributed by atoms with Gasteiger partial charge in [-0.15, -0.1) is 5.10 Å². The number of hydrogen-bond acceptors (Lipinski definition) is 4. The number of nitrogens with zero attached hydrogens (tertiary/aromatic N) is 4. The maximum atomic E-state index is 8.95. The third kappa shape index (κ3) is 2.09. The molecule has 5 heteroatoms. The molecule has 5 nitrogen and oxygen atoms in total. The van der Waals surface area contributed by atoms with Crippen molar-refractivity contribution in [1.82, 2.24) is 9.78 Å². The highest BCUT2D eigenvalue weighted by atomic mass is 16.5. The average molecular weight is 223 g/mol. The number of rotatable bonds is 2. The second-order valence-electron chi connectivity index (χ2n) is 3.24. The first-order chi connectivity index (χ1) is 8.24. The molecule has 0 amide bonds. The number of aryl methyl sites for hydroxylation is 1. The highest BCUT2D eigenvalue weighted by Crippen LogP contribution is 2.27. The smallest absolute Gasteiger partial charge is 0.239 e. The van der Waals surface area contributed by atoms with E-state index in [0.717, 1.165) is 0 Å². The Morgan fingerprint density at radius 3 is 2.41 bits per heavy atom. The lowest BCUT2D eigenvalue weighted by molar-refractivity contribution is 0.451. The molecule has 1 radical (unpaired) electrons. The maximum absolute atomic E-state index is 8.95. The molecule has 1 aromatic carbocycles. The van der Waals surface area contributed by atoms with E-state index >= 15 is 0 Å². The van der Waals surface area contributed by atoms with Gasteiger partial charge in [-0.3, -0.25) is 4.68 Å². The molecule has 1 aromatic heterocycles. The summed E-state index contributed by atoms with van der Waals surface area (Å²) in [6.45, 7) is 0. The van der Waals surface area contributed by atoms with Crippen LogP contribution in [0.15, 0.2) is 24.3 Å². The molecule has 0 N–H and O–H groups in total. The number of para-hydroxylation sites is 1. The van der Waals surface area contributed by atoms with Gasteiger partial charge in [-0.1, -0.05) is 6.07 Å². The van der Waals surface area contributed by atoms with Gasteiger partial charge in [0.05, 0.1) is 17.3 Å². The summed E-state index contributed by atoms with van der Waals surface area (Å²) in [4.78, 5) is 0. The minimum absolute atomic E-state index is 0.226. The fraction of sp³-hybridized carbons (Fsp3) is 0.0833. The molecule has 0 saturated heterocycles. The molecule has 0 aliphatic carbocycles. The molecule has 81 valence electrons. The van der Waals surface area contributed by atoms with E-state index in [2.05, 4.69) is 11.3 Å². The van der Waals surface area contributed by atoms with Crippen LogP contribution in [0.4, 0.5) is 0 Å². The predicted octanol–water partition coefficient (Wildman–Crippen LogP) is 1.76. The van der Waals surface area contributed by atoms with Crippen molar-refractivity contribution in [3.63, 3.8) is 0 Å². The summed E-state index contributed by atoms with van der Waals surface area (Å²) < 4.78 is 6.89. The largest absolute Gasteiger partial charge is 0.435 e. The Morgan fingerprint density at radius 2 is 1.94 bits per heavy atom. The van der Waals surface area contributed by atoms with E-state index in [1.54, 1.807) is 25.2 Å². The summed E-state index contributed by atoms with van der Waals surface area (Å²) in [7, 11) is 1.70. The number of benzene rings is 1. The molecule has 0 aliphatic rings. The zero-order chi connectivity index (χ0) is 12.3. The Labute approximate surface area is 98.1 Å². The van der Waals surface area contributed by atoms with Crippen LogP contribution in [0, 0.1) is 28.9 Å². The van der Waals surface area contributed by atoms with Crippen molar-refractivity contribution in [3.8, 4) is 23.8 Å². The van der Waals surface area contributed by atoms with Gasteiger partial charge in [0.15, 0.2) is 5.75 Å². The summed E-state index contributed by atoms with van der Waals surface area (Å²) in [5.74, 6) is 0.524.